The van der Waals surface area contributed by atoms with E-state index in [0.29, 0.717) is 17.8 Å². The Morgan fingerprint density at radius 2 is 1.43 bits per heavy atom. The molecule has 114 valence electrons. The molecule has 4 saturated carbocycles. The molecule has 4 heteroatoms. The minimum atomic E-state index is -1.48. The van der Waals surface area contributed by atoms with E-state index in [1.165, 1.54) is 25.3 Å². The van der Waals surface area contributed by atoms with Gasteiger partial charge in [0, 0.05) is 11.0 Å². The van der Waals surface area contributed by atoms with Gasteiger partial charge in [-0.3, -0.25) is 0 Å². The van der Waals surface area contributed by atoms with E-state index in [-0.39, 0.29) is 11.0 Å². The minimum Gasteiger partial charge on any atom is -0.388 e. The Morgan fingerprint density at radius 1 is 0.905 bits per heavy atom. The Bertz CT molecular complexity index is 548. The van der Waals surface area contributed by atoms with Crippen LogP contribution >= 0.6 is 0 Å². The number of rotatable bonds is 2. The quantitative estimate of drug-likeness (QED) is 0.804. The van der Waals surface area contributed by atoms with Gasteiger partial charge in [-0.15, -0.1) is 0 Å². The highest BCUT2D eigenvalue weighted by molar-refractivity contribution is 5.25. The first-order valence-corrected chi connectivity index (χ1v) is 7.80. The van der Waals surface area contributed by atoms with Gasteiger partial charge in [0.15, 0.2) is 17.5 Å². The maximum Gasteiger partial charge on any atom is 0.194 e. The molecule has 1 aromatic carbocycles. The number of aliphatic hydroxyl groups excluding tert-OH is 1. The molecule has 0 amide bonds. The lowest BCUT2D eigenvalue weighted by Gasteiger charge is -2.58. The molecule has 0 heterocycles. The lowest BCUT2D eigenvalue weighted by Crippen LogP contribution is -2.49. The highest BCUT2D eigenvalue weighted by atomic mass is 19.2. The van der Waals surface area contributed by atoms with Crippen molar-refractivity contribution in [3.05, 3.63) is 35.1 Å². The van der Waals surface area contributed by atoms with Crippen molar-refractivity contribution in [3.63, 3.8) is 0 Å². The molecule has 0 radical (unpaired) electrons. The fourth-order valence-corrected chi connectivity index (χ4v) is 5.59. The summed E-state index contributed by atoms with van der Waals surface area (Å²) in [4.78, 5) is 0. The molecule has 0 aromatic heterocycles. The van der Waals surface area contributed by atoms with Crippen molar-refractivity contribution in [1.82, 2.24) is 0 Å². The van der Waals surface area contributed by atoms with Gasteiger partial charge in [-0.1, -0.05) is 6.07 Å². The molecule has 0 saturated heterocycles. The molecule has 1 aromatic rings. The van der Waals surface area contributed by atoms with Crippen molar-refractivity contribution in [2.24, 2.45) is 23.2 Å². The molecule has 5 rings (SSSR count). The zero-order valence-electron chi connectivity index (χ0n) is 11.8. The highest BCUT2D eigenvalue weighted by Gasteiger charge is 2.54. The standard InChI is InChI=1S/C17H19F3O/c18-13-2-1-12(14(19)15(13)20)16(21)17-6-9-3-10(7-17)5-11(4-9)8-17/h1-2,9-11,16,21H,3-8H2. The van der Waals surface area contributed by atoms with E-state index in [9.17, 15) is 18.3 Å². The zero-order chi connectivity index (χ0) is 14.8. The van der Waals surface area contributed by atoms with Gasteiger partial charge < -0.3 is 5.11 Å². The summed E-state index contributed by atoms with van der Waals surface area (Å²) in [5.41, 5.74) is -0.407. The average Bonchev–Trinajstić information content (AvgIpc) is 2.43. The Kier molecular flexibility index (Phi) is 2.91. The molecule has 4 fully saturated rings. The van der Waals surface area contributed by atoms with Crippen molar-refractivity contribution >= 4 is 0 Å². The van der Waals surface area contributed by atoms with E-state index >= 15 is 0 Å². The number of halogens is 3. The summed E-state index contributed by atoms with van der Waals surface area (Å²) in [6.07, 6.45) is 5.28. The molecule has 4 aliphatic carbocycles. The highest BCUT2D eigenvalue weighted by Crippen LogP contribution is 2.64. The van der Waals surface area contributed by atoms with E-state index in [0.717, 1.165) is 25.3 Å². The van der Waals surface area contributed by atoms with E-state index in [1.807, 2.05) is 0 Å². The smallest absolute Gasteiger partial charge is 0.194 e. The fourth-order valence-electron chi connectivity index (χ4n) is 5.59. The third-order valence-corrected chi connectivity index (χ3v) is 6.03. The lowest BCUT2D eigenvalue weighted by atomic mass is 9.47. The van der Waals surface area contributed by atoms with Crippen LogP contribution in [0, 0.1) is 40.6 Å². The van der Waals surface area contributed by atoms with Crippen LogP contribution in [0.1, 0.15) is 50.2 Å². The topological polar surface area (TPSA) is 20.2 Å². The SMILES string of the molecule is OC(c1ccc(F)c(F)c1F)C12CC3CC(CC(C3)C1)C2. The van der Waals surface area contributed by atoms with Crippen LogP contribution in [0.15, 0.2) is 12.1 Å². The monoisotopic (exact) mass is 296 g/mol. The van der Waals surface area contributed by atoms with Gasteiger partial charge in [0.1, 0.15) is 0 Å². The summed E-state index contributed by atoms with van der Waals surface area (Å²) in [7, 11) is 0. The molecule has 1 atom stereocenters. The molecule has 4 bridgehead atoms. The summed E-state index contributed by atoms with van der Waals surface area (Å²) in [5.74, 6) is -2.07. The van der Waals surface area contributed by atoms with E-state index in [2.05, 4.69) is 0 Å². The molecular formula is C17H19F3O. The molecule has 0 spiro atoms. The van der Waals surface area contributed by atoms with Gasteiger partial charge in [0.05, 0.1) is 6.10 Å². The Hall–Kier alpha value is -1.03. The average molecular weight is 296 g/mol. The predicted molar refractivity (Wildman–Crippen MR) is 71.9 cm³/mol. The molecule has 0 aliphatic heterocycles. The summed E-state index contributed by atoms with van der Waals surface area (Å²) < 4.78 is 40.6. The van der Waals surface area contributed by atoms with Crippen LogP contribution < -0.4 is 0 Å². The van der Waals surface area contributed by atoms with Crippen molar-refractivity contribution in [2.75, 3.05) is 0 Å². The van der Waals surface area contributed by atoms with Crippen LogP contribution in [0.4, 0.5) is 13.2 Å². The Labute approximate surface area is 122 Å². The first-order chi connectivity index (χ1) is 9.98. The molecule has 1 nitrogen and oxygen atoms in total. The summed E-state index contributed by atoms with van der Waals surface area (Å²) in [6.45, 7) is 0. The summed E-state index contributed by atoms with van der Waals surface area (Å²) in [5, 5.41) is 10.8. The maximum absolute atomic E-state index is 14.0. The Morgan fingerprint density at radius 3 is 1.95 bits per heavy atom. The van der Waals surface area contributed by atoms with Crippen LogP contribution in [-0.4, -0.2) is 5.11 Å². The first-order valence-electron chi connectivity index (χ1n) is 7.80. The van der Waals surface area contributed by atoms with E-state index < -0.39 is 23.6 Å². The second kappa shape index (κ2) is 4.48. The van der Waals surface area contributed by atoms with Crippen LogP contribution in [0.5, 0.6) is 0 Å². The van der Waals surface area contributed by atoms with Crippen LogP contribution in [0.3, 0.4) is 0 Å². The van der Waals surface area contributed by atoms with Gasteiger partial charge in [0.25, 0.3) is 0 Å². The number of hydrogen-bond acceptors (Lipinski definition) is 1. The molecule has 1 N–H and O–H groups in total. The fraction of sp³-hybridized carbons (Fsp3) is 0.647. The van der Waals surface area contributed by atoms with Gasteiger partial charge >= 0.3 is 0 Å². The molecule has 4 aliphatic rings. The van der Waals surface area contributed by atoms with Crippen LogP contribution in [0.25, 0.3) is 0 Å². The van der Waals surface area contributed by atoms with Gasteiger partial charge in [-0.2, -0.15) is 0 Å². The summed E-state index contributed by atoms with van der Waals surface area (Å²) in [6, 6.07) is 2.12. The molecule has 1 unspecified atom stereocenters. The maximum atomic E-state index is 14.0. The number of benzene rings is 1. The van der Waals surface area contributed by atoms with Gasteiger partial charge in [-0.25, -0.2) is 13.2 Å². The van der Waals surface area contributed by atoms with Crippen LogP contribution in [-0.2, 0) is 0 Å². The summed E-state index contributed by atoms with van der Waals surface area (Å²) >= 11 is 0. The normalized spacial score (nSPS) is 38.8. The third-order valence-electron chi connectivity index (χ3n) is 6.03. The number of hydrogen-bond donors (Lipinski definition) is 1. The number of aliphatic hydroxyl groups is 1. The van der Waals surface area contributed by atoms with Crippen LogP contribution in [0.2, 0.25) is 0 Å². The largest absolute Gasteiger partial charge is 0.388 e. The first kappa shape index (κ1) is 13.6. The van der Waals surface area contributed by atoms with Crippen molar-refractivity contribution in [3.8, 4) is 0 Å². The lowest BCUT2D eigenvalue weighted by molar-refractivity contribution is -0.123. The van der Waals surface area contributed by atoms with Crippen molar-refractivity contribution in [1.29, 1.82) is 0 Å². The zero-order valence-corrected chi connectivity index (χ0v) is 11.8. The van der Waals surface area contributed by atoms with E-state index in [1.54, 1.807) is 0 Å². The minimum absolute atomic E-state index is 0.0733. The second-order valence-electron chi connectivity index (χ2n) is 7.45. The van der Waals surface area contributed by atoms with Gasteiger partial charge in [-0.05, 0) is 62.3 Å². The molecule has 21 heavy (non-hydrogen) atoms. The molecular weight excluding hydrogens is 277 g/mol. The van der Waals surface area contributed by atoms with Crippen molar-refractivity contribution in [2.45, 2.75) is 44.6 Å². The third kappa shape index (κ3) is 1.95. The Balaban J connectivity index is 1.72. The van der Waals surface area contributed by atoms with E-state index in [4.69, 9.17) is 0 Å². The van der Waals surface area contributed by atoms with Gasteiger partial charge in [0.2, 0.25) is 0 Å². The predicted octanol–water partition coefficient (Wildman–Crippen LogP) is 4.35. The van der Waals surface area contributed by atoms with Crippen molar-refractivity contribution < 1.29 is 18.3 Å². The second-order valence-corrected chi connectivity index (χ2v) is 7.45.